The first-order valence-corrected chi connectivity index (χ1v) is 9.14. The molecule has 1 aromatic heterocycles. The minimum atomic E-state index is -3.73. The van der Waals surface area contributed by atoms with E-state index < -0.39 is 10.0 Å². The molecule has 0 aliphatic rings. The van der Waals surface area contributed by atoms with E-state index >= 15 is 0 Å². The van der Waals surface area contributed by atoms with E-state index in [0.717, 1.165) is 5.56 Å². The van der Waals surface area contributed by atoms with Gasteiger partial charge in [0.25, 0.3) is 10.0 Å². The molecule has 7 heteroatoms. The van der Waals surface area contributed by atoms with E-state index in [1.54, 1.807) is 49.6 Å². The molecule has 1 heterocycles. The lowest BCUT2D eigenvalue weighted by Gasteiger charge is -2.12. The highest BCUT2D eigenvalue weighted by atomic mass is 35.5. The Morgan fingerprint density at radius 1 is 1.17 bits per heavy atom. The van der Waals surface area contributed by atoms with Crippen LogP contribution in [-0.4, -0.2) is 26.5 Å². The molecule has 3 rings (SSSR count). The van der Waals surface area contributed by atoms with Crippen LogP contribution >= 0.6 is 11.6 Å². The first kappa shape index (κ1) is 16.8. The van der Waals surface area contributed by atoms with Crippen LogP contribution in [0.15, 0.2) is 53.6 Å². The number of halogens is 1. The smallest absolute Gasteiger partial charge is 0.268 e. The highest BCUT2D eigenvalue weighted by Crippen LogP contribution is 2.36. The van der Waals surface area contributed by atoms with Crippen molar-refractivity contribution in [1.29, 1.82) is 0 Å². The van der Waals surface area contributed by atoms with Crippen molar-refractivity contribution in [2.24, 2.45) is 0 Å². The molecular formula is C17H17ClN2O3S. The normalized spacial score (nSPS) is 11.8. The third-order valence-corrected chi connectivity index (χ3v) is 5.80. The van der Waals surface area contributed by atoms with E-state index in [0.29, 0.717) is 28.2 Å². The number of nitrogens with zero attached hydrogens (tertiary/aromatic N) is 1. The fourth-order valence-electron chi connectivity index (χ4n) is 2.75. The molecule has 0 fully saturated rings. The largest absolute Gasteiger partial charge is 0.496 e. The van der Waals surface area contributed by atoms with Crippen molar-refractivity contribution < 1.29 is 13.2 Å². The van der Waals surface area contributed by atoms with Crippen molar-refractivity contribution in [2.45, 2.75) is 11.4 Å². The number of ether oxygens (including phenoxy) is 1. The van der Waals surface area contributed by atoms with Gasteiger partial charge in [-0.15, -0.1) is 0 Å². The molecule has 0 saturated carbocycles. The Balaban J connectivity index is 2.31. The van der Waals surface area contributed by atoms with Gasteiger partial charge in [0.05, 0.1) is 22.5 Å². The molecule has 0 bridgehead atoms. The Bertz CT molecular complexity index is 982. The number of fused-ring (bicyclic) bond motifs is 1. The van der Waals surface area contributed by atoms with E-state index in [-0.39, 0.29) is 4.90 Å². The number of rotatable bonds is 5. The van der Waals surface area contributed by atoms with Gasteiger partial charge in [0.2, 0.25) is 0 Å². The Morgan fingerprint density at radius 2 is 1.88 bits per heavy atom. The van der Waals surface area contributed by atoms with Gasteiger partial charge >= 0.3 is 0 Å². The number of aromatic nitrogens is 1. The van der Waals surface area contributed by atoms with Crippen LogP contribution in [0.4, 0.5) is 0 Å². The van der Waals surface area contributed by atoms with Crippen LogP contribution < -0.4 is 10.1 Å². The molecule has 0 saturated heterocycles. The van der Waals surface area contributed by atoms with Crippen molar-refractivity contribution >= 4 is 32.5 Å². The number of hydrogen-bond acceptors (Lipinski definition) is 4. The third kappa shape index (κ3) is 2.66. The summed E-state index contributed by atoms with van der Waals surface area (Å²) in [7, 11) is -0.340. The zero-order valence-corrected chi connectivity index (χ0v) is 14.9. The lowest BCUT2D eigenvalue weighted by Crippen LogP contribution is -2.12. The Morgan fingerprint density at radius 3 is 2.50 bits per heavy atom. The summed E-state index contributed by atoms with van der Waals surface area (Å²) in [4.78, 5) is 0.213. The van der Waals surface area contributed by atoms with E-state index in [9.17, 15) is 8.42 Å². The second-order valence-electron chi connectivity index (χ2n) is 5.26. The third-order valence-electron chi connectivity index (χ3n) is 3.83. The van der Waals surface area contributed by atoms with Gasteiger partial charge in [-0.1, -0.05) is 29.8 Å². The quantitative estimate of drug-likeness (QED) is 0.754. The van der Waals surface area contributed by atoms with E-state index in [1.807, 2.05) is 7.05 Å². The maximum Gasteiger partial charge on any atom is 0.268 e. The maximum absolute atomic E-state index is 12.9. The monoisotopic (exact) mass is 364 g/mol. The zero-order chi connectivity index (χ0) is 17.3. The van der Waals surface area contributed by atoms with E-state index in [1.165, 1.54) is 10.2 Å². The zero-order valence-electron chi connectivity index (χ0n) is 13.3. The van der Waals surface area contributed by atoms with Crippen molar-refractivity contribution in [2.75, 3.05) is 14.2 Å². The summed E-state index contributed by atoms with van der Waals surface area (Å²) in [6, 6.07) is 11.7. The fraction of sp³-hybridized carbons (Fsp3) is 0.176. The first-order chi connectivity index (χ1) is 11.5. The number of hydrogen-bond donors (Lipinski definition) is 1. The summed E-state index contributed by atoms with van der Waals surface area (Å²) in [6.45, 7) is 0.510. The van der Waals surface area contributed by atoms with Crippen LogP contribution in [0.3, 0.4) is 0 Å². The molecule has 1 N–H and O–H groups in total. The molecule has 0 unspecified atom stereocenters. The molecule has 0 atom stereocenters. The van der Waals surface area contributed by atoms with Gasteiger partial charge in [0, 0.05) is 23.7 Å². The van der Waals surface area contributed by atoms with Gasteiger partial charge in [-0.2, -0.15) is 0 Å². The molecule has 24 heavy (non-hydrogen) atoms. The van der Waals surface area contributed by atoms with Crippen molar-refractivity contribution in [3.63, 3.8) is 0 Å². The van der Waals surface area contributed by atoms with Crippen LogP contribution in [0.5, 0.6) is 5.75 Å². The lowest BCUT2D eigenvalue weighted by atomic mass is 10.1. The second kappa shape index (κ2) is 6.47. The SMILES string of the molecule is CNCc1c(OC)ccc2c1c(Cl)cn2S(=O)(=O)c1ccccc1. The van der Waals surface area contributed by atoms with Gasteiger partial charge < -0.3 is 10.1 Å². The molecule has 126 valence electrons. The van der Waals surface area contributed by atoms with Crippen molar-refractivity contribution in [1.82, 2.24) is 9.29 Å². The number of benzene rings is 2. The summed E-state index contributed by atoms with van der Waals surface area (Å²) < 4.78 is 32.5. The predicted octanol–water partition coefficient (Wildman–Crippen LogP) is 3.26. The summed E-state index contributed by atoms with van der Waals surface area (Å²) in [5.74, 6) is 0.661. The Kier molecular flexibility index (Phi) is 4.54. The molecule has 0 aliphatic carbocycles. The van der Waals surface area contributed by atoms with Gasteiger partial charge in [-0.05, 0) is 31.3 Å². The highest BCUT2D eigenvalue weighted by molar-refractivity contribution is 7.90. The van der Waals surface area contributed by atoms with Crippen molar-refractivity contribution in [3.05, 3.63) is 59.2 Å². The summed E-state index contributed by atoms with van der Waals surface area (Å²) >= 11 is 6.37. The molecule has 5 nitrogen and oxygen atoms in total. The number of methoxy groups -OCH3 is 1. The van der Waals surface area contributed by atoms with Crippen molar-refractivity contribution in [3.8, 4) is 5.75 Å². The van der Waals surface area contributed by atoms with Crippen LogP contribution in [0, 0.1) is 0 Å². The van der Waals surface area contributed by atoms with Crippen LogP contribution in [0.2, 0.25) is 5.02 Å². The molecular weight excluding hydrogens is 348 g/mol. The minimum Gasteiger partial charge on any atom is -0.496 e. The summed E-state index contributed by atoms with van der Waals surface area (Å²) in [5.41, 5.74) is 1.35. The predicted molar refractivity (Wildman–Crippen MR) is 95.3 cm³/mol. The second-order valence-corrected chi connectivity index (χ2v) is 7.48. The fourth-order valence-corrected chi connectivity index (χ4v) is 4.50. The Hall–Kier alpha value is -2.02. The molecule has 3 aromatic rings. The summed E-state index contributed by atoms with van der Waals surface area (Å²) in [6.07, 6.45) is 1.44. The average molecular weight is 365 g/mol. The molecule has 0 radical (unpaired) electrons. The summed E-state index contributed by atoms with van der Waals surface area (Å²) in [5, 5.41) is 4.10. The van der Waals surface area contributed by atoms with Crippen LogP contribution in [0.1, 0.15) is 5.56 Å². The van der Waals surface area contributed by atoms with E-state index in [4.69, 9.17) is 16.3 Å². The minimum absolute atomic E-state index is 0.213. The van der Waals surface area contributed by atoms with Crippen LogP contribution in [0.25, 0.3) is 10.9 Å². The lowest BCUT2D eigenvalue weighted by molar-refractivity contribution is 0.409. The van der Waals surface area contributed by atoms with Gasteiger partial charge in [0.15, 0.2) is 0 Å². The molecule has 0 aliphatic heterocycles. The standard InChI is InChI=1S/C17H17ClN2O3S/c1-19-10-13-16(23-2)9-8-15-17(13)14(18)11-20(15)24(21,22)12-6-4-3-5-7-12/h3-9,11,19H,10H2,1-2H3. The van der Waals surface area contributed by atoms with Gasteiger partial charge in [-0.25, -0.2) is 12.4 Å². The first-order valence-electron chi connectivity index (χ1n) is 7.32. The van der Waals surface area contributed by atoms with Gasteiger partial charge in [0.1, 0.15) is 5.75 Å². The molecule has 0 spiro atoms. The van der Waals surface area contributed by atoms with E-state index in [2.05, 4.69) is 5.32 Å². The topological polar surface area (TPSA) is 60.3 Å². The molecule has 0 amide bonds. The highest BCUT2D eigenvalue weighted by Gasteiger charge is 2.23. The number of nitrogens with one attached hydrogen (secondary N) is 1. The average Bonchev–Trinajstić information content (AvgIpc) is 2.94. The Labute approximate surface area is 145 Å². The maximum atomic E-state index is 12.9. The van der Waals surface area contributed by atoms with Gasteiger partial charge in [-0.3, -0.25) is 0 Å². The van der Waals surface area contributed by atoms with Crippen LogP contribution in [-0.2, 0) is 16.6 Å². The molecule has 2 aromatic carbocycles.